The first kappa shape index (κ1) is 14.8. The Labute approximate surface area is 111 Å². The Balaban J connectivity index is 2.80. The van der Waals surface area contributed by atoms with Crippen molar-refractivity contribution in [1.82, 2.24) is 9.88 Å². The first-order valence-electron chi connectivity index (χ1n) is 5.03. The first-order valence-corrected chi connectivity index (χ1v) is 5.82. The lowest BCUT2D eigenvalue weighted by Crippen LogP contribution is -2.36. The van der Waals surface area contributed by atoms with Crippen molar-refractivity contribution >= 4 is 22.0 Å². The van der Waals surface area contributed by atoms with Crippen molar-refractivity contribution in [3.8, 4) is 0 Å². The Morgan fingerprint density at radius 2 is 2.28 bits per heavy atom. The molecule has 0 spiro atoms. The summed E-state index contributed by atoms with van der Waals surface area (Å²) in [5.74, 6) is -0.730. The monoisotopic (exact) mass is 322 g/mol. The van der Waals surface area contributed by atoms with E-state index in [0.29, 0.717) is 4.47 Å². The van der Waals surface area contributed by atoms with Crippen LogP contribution in [0, 0.1) is 5.82 Å². The molecule has 6 nitrogen and oxygen atoms in total. The minimum Gasteiger partial charge on any atom is -0.465 e. The van der Waals surface area contributed by atoms with E-state index in [1.165, 1.54) is 6.20 Å². The van der Waals surface area contributed by atoms with Crippen LogP contribution in [0.25, 0.3) is 0 Å². The summed E-state index contributed by atoms with van der Waals surface area (Å²) in [6, 6.07) is 1.13. The molecule has 1 aromatic heterocycles. The molecule has 0 bridgehead atoms. The second kappa shape index (κ2) is 6.62. The molecule has 0 aromatic carbocycles. The Hall–Kier alpha value is -1.25. The van der Waals surface area contributed by atoms with Gasteiger partial charge in [-0.1, -0.05) is 0 Å². The highest BCUT2D eigenvalue weighted by Crippen LogP contribution is 2.19. The largest absolute Gasteiger partial charge is 0.465 e. The van der Waals surface area contributed by atoms with E-state index in [-0.39, 0.29) is 25.4 Å². The predicted octanol–water partition coefficient (Wildman–Crippen LogP) is 0.989. The second-order valence-electron chi connectivity index (χ2n) is 3.49. The summed E-state index contributed by atoms with van der Waals surface area (Å²) in [7, 11) is 0. The van der Waals surface area contributed by atoms with Gasteiger partial charge in [0.05, 0.1) is 13.2 Å². The molecule has 3 N–H and O–H groups in total. The fourth-order valence-corrected chi connectivity index (χ4v) is 1.65. The lowest BCUT2D eigenvalue weighted by molar-refractivity contribution is 0.0835. The molecule has 1 atom stereocenters. The molecule has 8 heteroatoms. The lowest BCUT2D eigenvalue weighted by atomic mass is 10.2. The number of aliphatic hydroxyl groups is 2. The van der Waals surface area contributed by atoms with Crippen LogP contribution in [-0.4, -0.2) is 51.0 Å². The van der Waals surface area contributed by atoms with Gasteiger partial charge in [0.2, 0.25) is 0 Å². The summed E-state index contributed by atoms with van der Waals surface area (Å²) in [5.41, 5.74) is -0.234. The number of carboxylic acid groups (broad SMARTS) is 1. The van der Waals surface area contributed by atoms with Crippen LogP contribution < -0.4 is 0 Å². The molecule has 0 radical (unpaired) electrons. The van der Waals surface area contributed by atoms with Gasteiger partial charge in [-0.2, -0.15) is 0 Å². The second-order valence-corrected chi connectivity index (χ2v) is 4.40. The molecule has 0 aliphatic carbocycles. The molecule has 0 saturated carbocycles. The normalized spacial score (nSPS) is 12.2. The minimum absolute atomic E-state index is 0.162. The molecule has 1 amide bonds. The molecule has 0 saturated heterocycles. The molecular weight excluding hydrogens is 311 g/mol. The fraction of sp³-hybridized carbons (Fsp3) is 0.400. The third kappa shape index (κ3) is 3.90. The molecule has 0 aliphatic heterocycles. The summed E-state index contributed by atoms with van der Waals surface area (Å²) in [4.78, 5) is 15.3. The van der Waals surface area contributed by atoms with E-state index in [4.69, 9.17) is 10.2 Å². The zero-order chi connectivity index (χ0) is 13.7. The molecular formula is C10H12BrFN2O4. The maximum Gasteiger partial charge on any atom is 0.407 e. The van der Waals surface area contributed by atoms with Crippen LogP contribution in [0.2, 0.25) is 0 Å². The number of amides is 1. The highest BCUT2D eigenvalue weighted by atomic mass is 79.9. The Morgan fingerprint density at radius 3 is 2.78 bits per heavy atom. The number of pyridine rings is 1. The van der Waals surface area contributed by atoms with Gasteiger partial charge >= 0.3 is 6.09 Å². The predicted molar refractivity (Wildman–Crippen MR) is 63.5 cm³/mol. The summed E-state index contributed by atoms with van der Waals surface area (Å²) in [5, 5.41) is 27.2. The van der Waals surface area contributed by atoms with Crippen molar-refractivity contribution in [3.05, 3.63) is 28.2 Å². The van der Waals surface area contributed by atoms with Gasteiger partial charge in [0.25, 0.3) is 0 Å². The summed E-state index contributed by atoms with van der Waals surface area (Å²) in [6.07, 6.45) is -1.39. The molecule has 100 valence electrons. The summed E-state index contributed by atoms with van der Waals surface area (Å²) in [6.45, 7) is -0.902. The quantitative estimate of drug-likeness (QED) is 0.751. The number of carbonyl (C=O) groups is 1. The van der Waals surface area contributed by atoms with E-state index < -0.39 is 18.0 Å². The average molecular weight is 323 g/mol. The van der Waals surface area contributed by atoms with Gasteiger partial charge in [0.15, 0.2) is 0 Å². The number of aliphatic hydroxyl groups excluding tert-OH is 2. The van der Waals surface area contributed by atoms with Crippen LogP contribution in [0.15, 0.2) is 16.7 Å². The van der Waals surface area contributed by atoms with E-state index in [1.807, 2.05) is 0 Å². The highest BCUT2D eigenvalue weighted by molar-refractivity contribution is 9.10. The molecule has 0 fully saturated rings. The van der Waals surface area contributed by atoms with E-state index in [9.17, 15) is 14.3 Å². The Kier molecular flexibility index (Phi) is 5.45. The summed E-state index contributed by atoms with van der Waals surface area (Å²) < 4.78 is 13.9. The number of halogens is 2. The van der Waals surface area contributed by atoms with Crippen LogP contribution in [-0.2, 0) is 0 Å². The van der Waals surface area contributed by atoms with Crippen LogP contribution in [0.1, 0.15) is 11.8 Å². The minimum atomic E-state index is -1.39. The van der Waals surface area contributed by atoms with E-state index in [2.05, 4.69) is 20.9 Å². The van der Waals surface area contributed by atoms with Crippen molar-refractivity contribution in [2.45, 2.75) is 6.10 Å². The SMILES string of the molecule is O=C(O)N(CCO)CC(O)c1ncc(Br)cc1F. The maximum atomic E-state index is 13.5. The highest BCUT2D eigenvalue weighted by Gasteiger charge is 2.21. The fourth-order valence-electron chi connectivity index (χ4n) is 1.35. The van der Waals surface area contributed by atoms with Gasteiger partial charge in [-0.3, -0.25) is 4.98 Å². The lowest BCUT2D eigenvalue weighted by Gasteiger charge is -2.21. The van der Waals surface area contributed by atoms with Gasteiger partial charge in [-0.25, -0.2) is 9.18 Å². The van der Waals surface area contributed by atoms with Gasteiger partial charge in [-0.05, 0) is 22.0 Å². The van der Waals surface area contributed by atoms with E-state index in [1.54, 1.807) is 0 Å². The topological polar surface area (TPSA) is 93.9 Å². The third-order valence-electron chi connectivity index (χ3n) is 2.19. The van der Waals surface area contributed by atoms with Crippen molar-refractivity contribution < 1.29 is 24.5 Å². The third-order valence-corrected chi connectivity index (χ3v) is 2.62. The number of aromatic nitrogens is 1. The zero-order valence-electron chi connectivity index (χ0n) is 9.25. The molecule has 0 aliphatic rings. The van der Waals surface area contributed by atoms with Crippen molar-refractivity contribution in [2.24, 2.45) is 0 Å². The van der Waals surface area contributed by atoms with Gasteiger partial charge in [0.1, 0.15) is 17.6 Å². The van der Waals surface area contributed by atoms with Crippen molar-refractivity contribution in [1.29, 1.82) is 0 Å². The van der Waals surface area contributed by atoms with E-state index in [0.717, 1.165) is 11.0 Å². The van der Waals surface area contributed by atoms with Crippen LogP contribution >= 0.6 is 15.9 Å². The molecule has 1 aromatic rings. The number of hydrogen-bond acceptors (Lipinski definition) is 4. The smallest absolute Gasteiger partial charge is 0.407 e. The Bertz CT molecular complexity index is 432. The standard InChI is InChI=1S/C10H12BrFN2O4/c11-6-3-7(12)9(13-4-6)8(16)5-14(1-2-15)10(17)18/h3-4,8,15-16H,1-2,5H2,(H,17,18). The number of rotatable bonds is 5. The van der Waals surface area contributed by atoms with Gasteiger partial charge in [-0.15, -0.1) is 0 Å². The number of hydrogen-bond donors (Lipinski definition) is 3. The van der Waals surface area contributed by atoms with Crippen LogP contribution in [0.4, 0.5) is 9.18 Å². The molecule has 1 heterocycles. The zero-order valence-corrected chi connectivity index (χ0v) is 10.8. The summed E-state index contributed by atoms with van der Waals surface area (Å²) >= 11 is 3.02. The number of nitrogens with zero attached hydrogens (tertiary/aromatic N) is 2. The first-order chi connectivity index (χ1) is 8.45. The van der Waals surface area contributed by atoms with Crippen molar-refractivity contribution in [3.63, 3.8) is 0 Å². The van der Waals surface area contributed by atoms with Crippen LogP contribution in [0.3, 0.4) is 0 Å². The molecule has 1 unspecified atom stereocenters. The maximum absolute atomic E-state index is 13.5. The van der Waals surface area contributed by atoms with Crippen LogP contribution in [0.5, 0.6) is 0 Å². The van der Waals surface area contributed by atoms with Gasteiger partial charge < -0.3 is 20.2 Å². The average Bonchev–Trinajstić information content (AvgIpc) is 2.27. The van der Waals surface area contributed by atoms with Gasteiger partial charge in [0, 0.05) is 17.2 Å². The Morgan fingerprint density at radius 1 is 1.61 bits per heavy atom. The molecule has 18 heavy (non-hydrogen) atoms. The molecule has 1 rings (SSSR count). The van der Waals surface area contributed by atoms with E-state index >= 15 is 0 Å². The van der Waals surface area contributed by atoms with Crippen molar-refractivity contribution in [2.75, 3.05) is 19.7 Å².